The normalized spacial score (nSPS) is 10.8. The molecule has 5 heteroatoms. The van der Waals surface area contributed by atoms with Crippen molar-refractivity contribution in [3.63, 3.8) is 0 Å². The fourth-order valence-electron chi connectivity index (χ4n) is 3.39. The van der Waals surface area contributed by atoms with Gasteiger partial charge in [0.2, 0.25) is 0 Å². The number of ether oxygens (including phenoxy) is 2. The first-order valence-corrected chi connectivity index (χ1v) is 9.68. The van der Waals surface area contributed by atoms with E-state index in [1.165, 1.54) is 0 Å². The maximum absolute atomic E-state index is 9.99. The Hall–Kier alpha value is -2.89. The van der Waals surface area contributed by atoms with Crippen molar-refractivity contribution in [3.05, 3.63) is 88.2 Å². The van der Waals surface area contributed by atoms with Crippen LogP contribution in [0.5, 0.6) is 11.5 Å². The van der Waals surface area contributed by atoms with Gasteiger partial charge in [-0.25, -0.2) is 0 Å². The molecule has 5 nitrogen and oxygen atoms in total. The van der Waals surface area contributed by atoms with E-state index in [2.05, 4.69) is 0 Å². The number of benzene rings is 2. The Bertz CT molecular complexity index is 924. The molecule has 0 radical (unpaired) electrons. The Labute approximate surface area is 171 Å². The van der Waals surface area contributed by atoms with Crippen molar-refractivity contribution in [2.75, 3.05) is 7.11 Å². The number of aliphatic hydroxyl groups excluding tert-OH is 2. The fourth-order valence-corrected chi connectivity index (χ4v) is 3.39. The van der Waals surface area contributed by atoms with Crippen LogP contribution in [0, 0.1) is 6.92 Å². The molecule has 0 fully saturated rings. The standard InChI is InChI=1S/C24H27NO4/c1-17-24(29-16-19-6-4-3-5-7-19)22(15-27)21(14-26)23(25-17)13-10-18-8-11-20(28-2)12-9-18/h3-9,11-12,26-27H,10,13-16H2,1-2H3. The second-order valence-corrected chi connectivity index (χ2v) is 6.87. The van der Waals surface area contributed by atoms with Crippen LogP contribution in [0.25, 0.3) is 0 Å². The number of aromatic nitrogens is 1. The number of nitrogens with zero attached hydrogens (tertiary/aromatic N) is 1. The Morgan fingerprint density at radius 3 is 2.14 bits per heavy atom. The SMILES string of the molecule is COc1ccc(CCc2nc(C)c(OCc3ccccc3)c(CO)c2CO)cc1. The van der Waals surface area contributed by atoms with Gasteiger partial charge in [0.25, 0.3) is 0 Å². The molecule has 0 bridgehead atoms. The lowest BCUT2D eigenvalue weighted by Gasteiger charge is -2.19. The lowest BCUT2D eigenvalue weighted by atomic mass is 9.99. The van der Waals surface area contributed by atoms with E-state index < -0.39 is 0 Å². The van der Waals surface area contributed by atoms with Crippen molar-refractivity contribution < 1.29 is 19.7 Å². The topological polar surface area (TPSA) is 71.8 Å². The quantitative estimate of drug-likeness (QED) is 0.579. The zero-order valence-corrected chi connectivity index (χ0v) is 16.9. The lowest BCUT2D eigenvalue weighted by Crippen LogP contribution is -2.11. The van der Waals surface area contributed by atoms with Crippen LogP contribution < -0.4 is 9.47 Å². The van der Waals surface area contributed by atoms with Gasteiger partial charge in [-0.1, -0.05) is 42.5 Å². The first kappa shape index (κ1) is 20.8. The molecule has 0 saturated heterocycles. The Morgan fingerprint density at radius 1 is 0.828 bits per heavy atom. The number of pyridine rings is 1. The van der Waals surface area contributed by atoms with Gasteiger partial charge in [0.05, 0.1) is 26.0 Å². The molecule has 0 aliphatic heterocycles. The minimum Gasteiger partial charge on any atom is -0.497 e. The van der Waals surface area contributed by atoms with E-state index in [0.717, 1.165) is 29.0 Å². The largest absolute Gasteiger partial charge is 0.497 e. The van der Waals surface area contributed by atoms with Gasteiger partial charge in [-0.3, -0.25) is 4.98 Å². The molecule has 29 heavy (non-hydrogen) atoms. The fraction of sp³-hybridized carbons (Fsp3) is 0.292. The average Bonchev–Trinajstić information content (AvgIpc) is 2.77. The molecule has 1 heterocycles. The second kappa shape index (κ2) is 10.0. The highest BCUT2D eigenvalue weighted by molar-refractivity contribution is 5.45. The Kier molecular flexibility index (Phi) is 7.22. The molecule has 0 unspecified atom stereocenters. The highest BCUT2D eigenvalue weighted by atomic mass is 16.5. The Morgan fingerprint density at radius 2 is 1.52 bits per heavy atom. The van der Waals surface area contributed by atoms with Gasteiger partial charge in [-0.05, 0) is 43.0 Å². The van der Waals surface area contributed by atoms with Crippen molar-refractivity contribution in [3.8, 4) is 11.5 Å². The molecule has 1 aromatic heterocycles. The molecule has 0 aliphatic carbocycles. The van der Waals surface area contributed by atoms with Crippen LogP contribution in [-0.4, -0.2) is 22.3 Å². The summed E-state index contributed by atoms with van der Waals surface area (Å²) in [5.74, 6) is 1.37. The third kappa shape index (κ3) is 5.13. The van der Waals surface area contributed by atoms with Crippen LogP contribution in [0.15, 0.2) is 54.6 Å². The second-order valence-electron chi connectivity index (χ2n) is 6.87. The summed E-state index contributed by atoms with van der Waals surface area (Å²) >= 11 is 0. The van der Waals surface area contributed by atoms with Gasteiger partial charge in [0.1, 0.15) is 18.1 Å². The van der Waals surface area contributed by atoms with Crippen molar-refractivity contribution in [1.82, 2.24) is 4.98 Å². The van der Waals surface area contributed by atoms with Crippen LogP contribution in [0.4, 0.5) is 0 Å². The zero-order chi connectivity index (χ0) is 20.6. The Balaban J connectivity index is 1.81. The number of aliphatic hydroxyl groups is 2. The molecule has 3 rings (SSSR count). The number of hydrogen-bond acceptors (Lipinski definition) is 5. The van der Waals surface area contributed by atoms with E-state index in [9.17, 15) is 10.2 Å². The molecular formula is C24H27NO4. The third-order valence-electron chi connectivity index (χ3n) is 4.97. The van der Waals surface area contributed by atoms with Crippen molar-refractivity contribution in [1.29, 1.82) is 0 Å². The summed E-state index contributed by atoms with van der Waals surface area (Å²) in [7, 11) is 1.65. The summed E-state index contributed by atoms with van der Waals surface area (Å²) in [5.41, 5.74) is 4.95. The number of rotatable bonds is 9. The van der Waals surface area contributed by atoms with Crippen LogP contribution in [0.3, 0.4) is 0 Å². The van der Waals surface area contributed by atoms with Crippen LogP contribution >= 0.6 is 0 Å². The molecule has 0 atom stereocenters. The molecule has 152 valence electrons. The minimum absolute atomic E-state index is 0.192. The van der Waals surface area contributed by atoms with Gasteiger partial charge in [-0.2, -0.15) is 0 Å². The maximum Gasteiger partial charge on any atom is 0.146 e. The van der Waals surface area contributed by atoms with Gasteiger partial charge in [0, 0.05) is 16.8 Å². The number of hydrogen-bond donors (Lipinski definition) is 2. The molecular weight excluding hydrogens is 366 g/mol. The van der Waals surface area contributed by atoms with Crippen molar-refractivity contribution in [2.45, 2.75) is 39.6 Å². The maximum atomic E-state index is 9.99. The van der Waals surface area contributed by atoms with Crippen LogP contribution in [0.1, 0.15) is 33.6 Å². The zero-order valence-electron chi connectivity index (χ0n) is 16.9. The van der Waals surface area contributed by atoms with Gasteiger partial charge < -0.3 is 19.7 Å². The number of aryl methyl sites for hydroxylation is 3. The van der Waals surface area contributed by atoms with Crippen molar-refractivity contribution >= 4 is 0 Å². The van der Waals surface area contributed by atoms with E-state index >= 15 is 0 Å². The summed E-state index contributed by atoms with van der Waals surface area (Å²) in [5, 5.41) is 20.0. The van der Waals surface area contributed by atoms with Gasteiger partial charge in [-0.15, -0.1) is 0 Å². The van der Waals surface area contributed by atoms with Crippen molar-refractivity contribution in [2.24, 2.45) is 0 Å². The minimum atomic E-state index is -0.209. The average molecular weight is 393 g/mol. The third-order valence-corrected chi connectivity index (χ3v) is 4.97. The summed E-state index contributed by atoms with van der Waals surface area (Å²) in [6, 6.07) is 17.7. The monoisotopic (exact) mass is 393 g/mol. The molecule has 2 aromatic carbocycles. The van der Waals surface area contributed by atoms with E-state index in [-0.39, 0.29) is 13.2 Å². The first-order valence-electron chi connectivity index (χ1n) is 9.68. The van der Waals surface area contributed by atoms with Crippen LogP contribution in [0.2, 0.25) is 0 Å². The molecule has 0 amide bonds. The lowest BCUT2D eigenvalue weighted by molar-refractivity contribution is 0.241. The van der Waals surface area contributed by atoms with Gasteiger partial charge >= 0.3 is 0 Å². The highest BCUT2D eigenvalue weighted by Crippen LogP contribution is 2.30. The van der Waals surface area contributed by atoms with Crippen LogP contribution in [-0.2, 0) is 32.7 Å². The smallest absolute Gasteiger partial charge is 0.146 e. The van der Waals surface area contributed by atoms with E-state index in [1.54, 1.807) is 7.11 Å². The molecule has 0 aliphatic rings. The molecule has 3 aromatic rings. The highest BCUT2D eigenvalue weighted by Gasteiger charge is 2.18. The van der Waals surface area contributed by atoms with Gasteiger partial charge in [0.15, 0.2) is 0 Å². The van der Waals surface area contributed by atoms with E-state index in [0.29, 0.717) is 35.6 Å². The van der Waals surface area contributed by atoms with E-state index in [4.69, 9.17) is 14.5 Å². The first-order chi connectivity index (χ1) is 14.2. The predicted molar refractivity (Wildman–Crippen MR) is 112 cm³/mol. The summed E-state index contributed by atoms with van der Waals surface area (Å²) in [6.07, 6.45) is 1.44. The summed E-state index contributed by atoms with van der Waals surface area (Å²) in [6.45, 7) is 1.85. The number of methoxy groups -OCH3 is 1. The summed E-state index contributed by atoms with van der Waals surface area (Å²) < 4.78 is 11.2. The van der Waals surface area contributed by atoms with E-state index in [1.807, 2.05) is 61.5 Å². The predicted octanol–water partition coefficient (Wildman–Crippen LogP) is 3.75. The summed E-state index contributed by atoms with van der Waals surface area (Å²) in [4.78, 5) is 4.69. The molecule has 0 spiro atoms. The molecule has 0 saturated carbocycles. The molecule has 2 N–H and O–H groups in total.